The molecular weight excluding hydrogens is 262 g/mol. The highest BCUT2D eigenvalue weighted by Crippen LogP contribution is 2.12. The van der Waals surface area contributed by atoms with Gasteiger partial charge in [-0.1, -0.05) is 6.07 Å². The number of ether oxygens (including phenoxy) is 2. The minimum Gasteiger partial charge on any atom is -0.497 e. The van der Waals surface area contributed by atoms with Gasteiger partial charge in [-0.25, -0.2) is 4.79 Å². The molecule has 0 spiro atoms. The number of benzene rings is 1. The molecule has 2 N–H and O–H groups in total. The van der Waals surface area contributed by atoms with Gasteiger partial charge in [0, 0.05) is 19.3 Å². The van der Waals surface area contributed by atoms with Crippen LogP contribution >= 0.6 is 0 Å². The van der Waals surface area contributed by atoms with E-state index >= 15 is 0 Å². The lowest BCUT2D eigenvalue weighted by atomic mass is 10.1. The number of hydrogen-bond acceptors (Lipinski definition) is 4. The zero-order valence-electron chi connectivity index (χ0n) is 11.6. The van der Waals surface area contributed by atoms with E-state index in [9.17, 15) is 9.59 Å². The van der Waals surface area contributed by atoms with Gasteiger partial charge in [0.05, 0.1) is 7.11 Å². The summed E-state index contributed by atoms with van der Waals surface area (Å²) in [4.78, 5) is 23.1. The summed E-state index contributed by atoms with van der Waals surface area (Å²) in [5.41, 5.74) is 0.363. The first-order valence-electron chi connectivity index (χ1n) is 6.25. The third-order valence-electron chi connectivity index (χ3n) is 2.78. The molecule has 0 bridgehead atoms. The lowest BCUT2D eigenvalue weighted by Crippen LogP contribution is -2.40. The Morgan fingerprint density at radius 2 is 2.10 bits per heavy atom. The van der Waals surface area contributed by atoms with E-state index < -0.39 is 17.9 Å². The van der Waals surface area contributed by atoms with Crippen molar-refractivity contribution in [2.24, 2.45) is 0 Å². The Hall–Kier alpha value is -2.08. The zero-order chi connectivity index (χ0) is 15.0. The molecule has 6 nitrogen and oxygen atoms in total. The summed E-state index contributed by atoms with van der Waals surface area (Å²) in [7, 11) is 3.05. The van der Waals surface area contributed by atoms with Crippen molar-refractivity contribution < 1.29 is 24.2 Å². The number of methoxy groups -OCH3 is 2. The van der Waals surface area contributed by atoms with E-state index in [4.69, 9.17) is 14.6 Å². The molecule has 0 saturated carbocycles. The minimum absolute atomic E-state index is 0.318. The summed E-state index contributed by atoms with van der Waals surface area (Å²) in [6.07, 6.45) is 0.880. The molecule has 1 aromatic rings. The number of carboxylic acids is 1. The second-order valence-corrected chi connectivity index (χ2v) is 4.23. The normalized spacial score (nSPS) is 11.7. The standard InChI is InChI=1S/C14H19NO5/c1-19-8-4-7-12(14(17)18)15-13(16)10-5-3-6-11(9-10)20-2/h3,5-6,9,12H,4,7-8H2,1-2H3,(H,15,16)(H,17,18). The number of carbonyl (C=O) groups excluding carboxylic acids is 1. The predicted molar refractivity (Wildman–Crippen MR) is 73.0 cm³/mol. The number of nitrogens with one attached hydrogen (secondary N) is 1. The van der Waals surface area contributed by atoms with E-state index in [1.165, 1.54) is 7.11 Å². The highest BCUT2D eigenvalue weighted by molar-refractivity contribution is 5.96. The Morgan fingerprint density at radius 3 is 2.70 bits per heavy atom. The number of carbonyl (C=O) groups is 2. The van der Waals surface area contributed by atoms with Crippen molar-refractivity contribution in [2.75, 3.05) is 20.8 Å². The summed E-state index contributed by atoms with van der Waals surface area (Å²) < 4.78 is 9.89. The monoisotopic (exact) mass is 281 g/mol. The molecule has 1 aromatic carbocycles. The number of carboxylic acid groups (broad SMARTS) is 1. The van der Waals surface area contributed by atoms with Gasteiger partial charge in [-0.15, -0.1) is 0 Å². The van der Waals surface area contributed by atoms with Gasteiger partial charge in [0.15, 0.2) is 0 Å². The first-order valence-corrected chi connectivity index (χ1v) is 6.25. The Labute approximate surface area is 117 Å². The molecule has 0 aromatic heterocycles. The fourth-order valence-corrected chi connectivity index (χ4v) is 1.70. The smallest absolute Gasteiger partial charge is 0.326 e. The van der Waals surface area contributed by atoms with Crippen LogP contribution in [-0.4, -0.2) is 43.9 Å². The molecule has 0 aliphatic heterocycles. The second-order valence-electron chi connectivity index (χ2n) is 4.23. The van der Waals surface area contributed by atoms with Crippen molar-refractivity contribution in [1.82, 2.24) is 5.32 Å². The van der Waals surface area contributed by atoms with Crippen molar-refractivity contribution in [3.05, 3.63) is 29.8 Å². The van der Waals surface area contributed by atoms with Crippen molar-refractivity contribution >= 4 is 11.9 Å². The lowest BCUT2D eigenvalue weighted by molar-refractivity contribution is -0.139. The van der Waals surface area contributed by atoms with E-state index in [1.807, 2.05) is 0 Å². The Balaban J connectivity index is 2.67. The molecule has 1 amide bonds. The SMILES string of the molecule is COCCCC(NC(=O)c1cccc(OC)c1)C(=O)O. The van der Waals surface area contributed by atoms with E-state index in [1.54, 1.807) is 31.4 Å². The van der Waals surface area contributed by atoms with Gasteiger partial charge in [-0.05, 0) is 31.0 Å². The predicted octanol–water partition coefficient (Wildman–Crippen LogP) is 1.30. The van der Waals surface area contributed by atoms with Crippen LogP contribution in [0.15, 0.2) is 24.3 Å². The van der Waals surface area contributed by atoms with Gasteiger partial charge >= 0.3 is 5.97 Å². The maximum absolute atomic E-state index is 12.0. The van der Waals surface area contributed by atoms with Crippen LogP contribution in [0.4, 0.5) is 0 Å². The second kappa shape index (κ2) is 8.16. The average molecular weight is 281 g/mol. The maximum atomic E-state index is 12.0. The van der Waals surface area contributed by atoms with Crippen molar-refractivity contribution in [3.63, 3.8) is 0 Å². The Morgan fingerprint density at radius 1 is 1.35 bits per heavy atom. The van der Waals surface area contributed by atoms with Crippen molar-refractivity contribution in [2.45, 2.75) is 18.9 Å². The third-order valence-corrected chi connectivity index (χ3v) is 2.78. The van der Waals surface area contributed by atoms with Crippen molar-refractivity contribution in [3.8, 4) is 5.75 Å². The molecule has 0 saturated heterocycles. The lowest BCUT2D eigenvalue weighted by Gasteiger charge is -2.14. The molecule has 0 aliphatic carbocycles. The number of aliphatic carboxylic acids is 1. The van der Waals surface area contributed by atoms with E-state index in [-0.39, 0.29) is 0 Å². The molecule has 0 aliphatic rings. The molecular formula is C14H19NO5. The summed E-state index contributed by atoms with van der Waals surface area (Å²) in [6, 6.07) is 5.62. The average Bonchev–Trinajstić information content (AvgIpc) is 2.46. The molecule has 1 rings (SSSR count). The largest absolute Gasteiger partial charge is 0.497 e. The molecule has 110 valence electrons. The van der Waals surface area contributed by atoms with Crippen LogP contribution in [0.2, 0.25) is 0 Å². The highest BCUT2D eigenvalue weighted by atomic mass is 16.5. The fourth-order valence-electron chi connectivity index (χ4n) is 1.70. The van der Waals surface area contributed by atoms with Crippen LogP contribution in [-0.2, 0) is 9.53 Å². The van der Waals surface area contributed by atoms with Crippen LogP contribution in [0.1, 0.15) is 23.2 Å². The Kier molecular flexibility index (Phi) is 6.52. The number of rotatable bonds is 8. The van der Waals surface area contributed by atoms with Crippen molar-refractivity contribution in [1.29, 1.82) is 0 Å². The van der Waals surface area contributed by atoms with Crippen LogP contribution in [0.5, 0.6) is 5.75 Å². The Bertz CT molecular complexity index is 461. The molecule has 20 heavy (non-hydrogen) atoms. The first kappa shape index (κ1) is 16.0. The van der Waals surface area contributed by atoms with Gasteiger partial charge in [0.25, 0.3) is 5.91 Å². The van der Waals surface area contributed by atoms with Crippen LogP contribution < -0.4 is 10.1 Å². The van der Waals surface area contributed by atoms with Gasteiger partial charge < -0.3 is 19.9 Å². The van der Waals surface area contributed by atoms with E-state index in [0.717, 1.165) is 0 Å². The van der Waals surface area contributed by atoms with Gasteiger partial charge in [-0.3, -0.25) is 4.79 Å². The quantitative estimate of drug-likeness (QED) is 0.702. The van der Waals surface area contributed by atoms with Gasteiger partial charge in [0.1, 0.15) is 11.8 Å². The summed E-state index contributed by atoms with van der Waals surface area (Å²) >= 11 is 0. The molecule has 1 atom stereocenters. The highest BCUT2D eigenvalue weighted by Gasteiger charge is 2.20. The minimum atomic E-state index is -1.06. The zero-order valence-corrected chi connectivity index (χ0v) is 11.6. The fraction of sp³-hybridized carbons (Fsp3) is 0.429. The third kappa shape index (κ3) is 4.89. The topological polar surface area (TPSA) is 84.9 Å². The molecule has 0 heterocycles. The van der Waals surface area contributed by atoms with E-state index in [2.05, 4.69) is 5.32 Å². The van der Waals surface area contributed by atoms with E-state index in [0.29, 0.717) is 30.8 Å². The molecule has 1 unspecified atom stereocenters. The summed E-state index contributed by atoms with van der Waals surface area (Å²) in [6.45, 7) is 0.457. The summed E-state index contributed by atoms with van der Waals surface area (Å²) in [5, 5.41) is 11.6. The first-order chi connectivity index (χ1) is 9.58. The maximum Gasteiger partial charge on any atom is 0.326 e. The summed E-state index contributed by atoms with van der Waals surface area (Å²) in [5.74, 6) is -0.949. The van der Waals surface area contributed by atoms with Gasteiger partial charge in [0.2, 0.25) is 0 Å². The van der Waals surface area contributed by atoms with Crippen LogP contribution in [0, 0.1) is 0 Å². The number of hydrogen-bond donors (Lipinski definition) is 2. The molecule has 0 fully saturated rings. The van der Waals surface area contributed by atoms with Gasteiger partial charge in [-0.2, -0.15) is 0 Å². The molecule has 6 heteroatoms. The number of amides is 1. The van der Waals surface area contributed by atoms with Crippen LogP contribution in [0.3, 0.4) is 0 Å². The molecule has 0 radical (unpaired) electrons. The van der Waals surface area contributed by atoms with Crippen LogP contribution in [0.25, 0.3) is 0 Å².